The Balaban J connectivity index is 0.000000149. The summed E-state index contributed by atoms with van der Waals surface area (Å²) in [6.45, 7) is 3.39. The minimum atomic E-state index is -0.356. The van der Waals surface area contributed by atoms with Crippen molar-refractivity contribution in [2.24, 2.45) is 0 Å². The van der Waals surface area contributed by atoms with E-state index in [0.717, 1.165) is 37.3 Å². The lowest BCUT2D eigenvalue weighted by molar-refractivity contribution is 0.112. The summed E-state index contributed by atoms with van der Waals surface area (Å²) in [6.07, 6.45) is 6.61. The van der Waals surface area contributed by atoms with E-state index in [-0.39, 0.29) is 17.5 Å². The molecular formula is C29H23Br2F3N4O3. The van der Waals surface area contributed by atoms with E-state index in [1.54, 1.807) is 30.6 Å². The number of piperazine rings is 1. The third-order valence-electron chi connectivity index (χ3n) is 5.84. The molecule has 41 heavy (non-hydrogen) atoms. The first-order valence-electron chi connectivity index (χ1n) is 12.2. The maximum Gasteiger partial charge on any atom is 0.181 e. The molecule has 12 heteroatoms. The molecule has 5 aromatic rings. The van der Waals surface area contributed by atoms with Gasteiger partial charge in [-0.15, -0.1) is 0 Å². The summed E-state index contributed by atoms with van der Waals surface area (Å²) < 4.78 is 50.2. The SMILES string of the molecule is Fc1ccc(-c2cnco2)cc1Br.Fc1ccc(-c2cnco2)cc1N1CCNCC1.O=Cc1ccc(F)c(Br)c1. The number of oxazole rings is 2. The third-order valence-corrected chi connectivity index (χ3v) is 7.05. The van der Waals surface area contributed by atoms with Gasteiger partial charge in [-0.2, -0.15) is 0 Å². The smallest absolute Gasteiger partial charge is 0.181 e. The first kappa shape index (κ1) is 30.2. The zero-order valence-corrected chi connectivity index (χ0v) is 24.5. The normalized spacial score (nSPS) is 12.6. The van der Waals surface area contributed by atoms with E-state index < -0.39 is 0 Å². The van der Waals surface area contributed by atoms with Crippen LogP contribution in [0.25, 0.3) is 22.6 Å². The average Bonchev–Trinajstić information content (AvgIpc) is 3.73. The summed E-state index contributed by atoms with van der Waals surface area (Å²) >= 11 is 6.05. The van der Waals surface area contributed by atoms with Gasteiger partial charge in [-0.25, -0.2) is 23.1 Å². The lowest BCUT2D eigenvalue weighted by Crippen LogP contribution is -2.43. The van der Waals surface area contributed by atoms with Crippen LogP contribution in [0, 0.1) is 17.5 Å². The zero-order chi connectivity index (χ0) is 29.2. The number of benzene rings is 3. The first-order chi connectivity index (χ1) is 19.9. The second-order valence-corrected chi connectivity index (χ2v) is 10.3. The molecule has 0 aliphatic carbocycles. The standard InChI is InChI=1S/C13H14FN3O.C9H5BrFNO.C7H4BrFO/c14-11-2-1-10(13-8-16-9-18-13)7-12(11)17-5-3-15-4-6-17;10-7-3-6(1-2-8(7)11)9-4-12-5-13-9;8-6-3-5(4-10)1-2-7(6)9/h1-2,7-9,15H,3-6H2;1-5H;1-4H. The Kier molecular flexibility index (Phi) is 10.9. The summed E-state index contributed by atoms with van der Waals surface area (Å²) in [5.41, 5.74) is 2.74. The quantitative estimate of drug-likeness (QED) is 0.195. The van der Waals surface area contributed by atoms with Gasteiger partial charge >= 0.3 is 0 Å². The Morgan fingerprint density at radius 1 is 0.756 bits per heavy atom. The van der Waals surface area contributed by atoms with E-state index in [2.05, 4.69) is 47.1 Å². The fourth-order valence-corrected chi connectivity index (χ4v) is 4.54. The van der Waals surface area contributed by atoms with E-state index in [4.69, 9.17) is 8.83 Å². The molecule has 6 rings (SSSR count). The molecule has 212 valence electrons. The summed E-state index contributed by atoms with van der Waals surface area (Å²) in [5, 5.41) is 3.25. The van der Waals surface area contributed by atoms with Gasteiger partial charge in [-0.05, 0) is 86.5 Å². The molecule has 7 nitrogen and oxygen atoms in total. The Morgan fingerprint density at radius 3 is 1.80 bits per heavy atom. The van der Waals surface area contributed by atoms with Crippen molar-refractivity contribution in [2.75, 3.05) is 31.1 Å². The molecule has 0 saturated carbocycles. The highest BCUT2D eigenvalue weighted by Gasteiger charge is 2.16. The van der Waals surface area contributed by atoms with Crippen molar-refractivity contribution in [1.82, 2.24) is 15.3 Å². The highest BCUT2D eigenvalue weighted by molar-refractivity contribution is 9.10. The van der Waals surface area contributed by atoms with Gasteiger partial charge in [0.1, 0.15) is 23.7 Å². The van der Waals surface area contributed by atoms with E-state index in [9.17, 15) is 18.0 Å². The Morgan fingerprint density at radius 2 is 1.29 bits per heavy atom. The predicted octanol–water partition coefficient (Wildman–Crippen LogP) is 7.53. The van der Waals surface area contributed by atoms with Crippen LogP contribution in [0.4, 0.5) is 18.9 Å². The largest absolute Gasteiger partial charge is 0.444 e. The van der Waals surface area contributed by atoms with Gasteiger partial charge in [0, 0.05) is 42.9 Å². The zero-order valence-electron chi connectivity index (χ0n) is 21.4. The van der Waals surface area contributed by atoms with Crippen LogP contribution in [-0.2, 0) is 0 Å². The topological polar surface area (TPSA) is 84.4 Å². The van der Waals surface area contributed by atoms with Crippen LogP contribution in [0.5, 0.6) is 0 Å². The Bertz CT molecular complexity index is 1560. The van der Waals surface area contributed by atoms with Crippen molar-refractivity contribution >= 4 is 43.8 Å². The number of carbonyl (C=O) groups excluding carboxylic acids is 1. The van der Waals surface area contributed by atoms with Crippen molar-refractivity contribution in [3.8, 4) is 22.6 Å². The number of aldehydes is 1. The van der Waals surface area contributed by atoms with Gasteiger partial charge in [0.15, 0.2) is 24.3 Å². The number of hydrogen-bond acceptors (Lipinski definition) is 7. The number of nitrogens with zero attached hydrogens (tertiary/aromatic N) is 3. The molecule has 1 fully saturated rings. The molecule has 2 aromatic heterocycles. The second kappa shape index (κ2) is 14.8. The maximum absolute atomic E-state index is 13.9. The van der Waals surface area contributed by atoms with Gasteiger partial charge < -0.3 is 19.1 Å². The average molecular weight is 692 g/mol. The number of halogens is 5. The molecule has 3 heterocycles. The molecule has 0 spiro atoms. The van der Waals surface area contributed by atoms with Crippen LogP contribution in [0.15, 0.2) is 97.6 Å². The fourth-order valence-electron chi connectivity index (χ4n) is 3.77. The minimum Gasteiger partial charge on any atom is -0.444 e. The molecule has 0 radical (unpaired) electrons. The van der Waals surface area contributed by atoms with Crippen LogP contribution >= 0.6 is 31.9 Å². The predicted molar refractivity (Wildman–Crippen MR) is 156 cm³/mol. The van der Waals surface area contributed by atoms with Crippen molar-refractivity contribution in [3.63, 3.8) is 0 Å². The van der Waals surface area contributed by atoms with Crippen LogP contribution in [0.2, 0.25) is 0 Å². The van der Waals surface area contributed by atoms with Crippen molar-refractivity contribution in [1.29, 1.82) is 0 Å². The lowest BCUT2D eigenvalue weighted by atomic mass is 10.1. The molecule has 0 amide bonds. The number of aromatic nitrogens is 2. The van der Waals surface area contributed by atoms with Gasteiger partial charge in [-0.3, -0.25) is 4.79 Å². The van der Waals surface area contributed by atoms with Gasteiger partial charge in [-0.1, -0.05) is 0 Å². The monoisotopic (exact) mass is 690 g/mol. The summed E-state index contributed by atoms with van der Waals surface area (Å²) in [6, 6.07) is 13.8. The number of carbonyl (C=O) groups is 1. The minimum absolute atomic E-state index is 0.194. The highest BCUT2D eigenvalue weighted by atomic mass is 79.9. The highest BCUT2D eigenvalue weighted by Crippen LogP contribution is 2.28. The van der Waals surface area contributed by atoms with Crippen LogP contribution < -0.4 is 10.2 Å². The molecule has 3 aromatic carbocycles. The molecule has 1 aliphatic rings. The molecule has 1 aliphatic heterocycles. The van der Waals surface area contributed by atoms with Crippen molar-refractivity contribution < 1.29 is 26.8 Å². The van der Waals surface area contributed by atoms with Crippen LogP contribution in [0.3, 0.4) is 0 Å². The van der Waals surface area contributed by atoms with Gasteiger partial charge in [0.2, 0.25) is 0 Å². The number of hydrogen-bond donors (Lipinski definition) is 1. The molecule has 1 saturated heterocycles. The molecule has 1 N–H and O–H groups in total. The van der Waals surface area contributed by atoms with Crippen molar-refractivity contribution in [3.05, 3.63) is 112 Å². The van der Waals surface area contributed by atoms with Gasteiger partial charge in [0.05, 0.1) is 27.0 Å². The molecular weight excluding hydrogens is 669 g/mol. The number of rotatable bonds is 4. The van der Waals surface area contributed by atoms with Crippen LogP contribution in [0.1, 0.15) is 10.4 Å². The third kappa shape index (κ3) is 8.38. The summed E-state index contributed by atoms with van der Waals surface area (Å²) in [7, 11) is 0. The van der Waals surface area contributed by atoms with Gasteiger partial charge in [0.25, 0.3) is 0 Å². The second-order valence-electron chi connectivity index (χ2n) is 8.55. The van der Waals surface area contributed by atoms with E-state index >= 15 is 0 Å². The Labute approximate surface area is 250 Å². The summed E-state index contributed by atoms with van der Waals surface area (Å²) in [4.78, 5) is 19.8. The van der Waals surface area contributed by atoms with E-state index in [1.165, 1.54) is 43.1 Å². The number of nitrogens with one attached hydrogen (secondary N) is 1. The van der Waals surface area contributed by atoms with E-state index in [0.29, 0.717) is 38.0 Å². The molecule has 0 atom stereocenters. The first-order valence-corrected chi connectivity index (χ1v) is 13.8. The van der Waals surface area contributed by atoms with Crippen LogP contribution in [-0.4, -0.2) is 42.4 Å². The lowest BCUT2D eigenvalue weighted by Gasteiger charge is -2.29. The molecule has 0 unspecified atom stereocenters. The summed E-state index contributed by atoms with van der Waals surface area (Å²) in [5.74, 6) is 0.445. The fraction of sp³-hybridized carbons (Fsp3) is 0.138. The van der Waals surface area contributed by atoms with E-state index in [1.807, 2.05) is 11.0 Å². The molecule has 0 bridgehead atoms. The van der Waals surface area contributed by atoms with Crippen molar-refractivity contribution in [2.45, 2.75) is 0 Å². The number of anilines is 1. The maximum atomic E-state index is 13.9. The Hall–Kier alpha value is -3.74.